The van der Waals surface area contributed by atoms with Gasteiger partial charge in [-0.3, -0.25) is 4.40 Å². The first-order valence-corrected chi connectivity index (χ1v) is 8.10. The Bertz CT molecular complexity index is 971. The van der Waals surface area contributed by atoms with Gasteiger partial charge in [0.2, 0.25) is 5.89 Å². The van der Waals surface area contributed by atoms with Gasteiger partial charge in [0.15, 0.2) is 4.96 Å². The number of hydrogen-bond acceptors (Lipinski definition) is 7. The third-order valence-electron chi connectivity index (χ3n) is 3.56. The lowest BCUT2D eigenvalue weighted by Crippen LogP contribution is -2.17. The summed E-state index contributed by atoms with van der Waals surface area (Å²) in [6, 6.07) is 8.16. The van der Waals surface area contributed by atoms with Gasteiger partial charge in [-0.1, -0.05) is 23.5 Å². The molecule has 7 nitrogen and oxygen atoms in total. The van der Waals surface area contributed by atoms with E-state index in [-0.39, 0.29) is 6.61 Å². The number of aliphatic hydroxyl groups excluding tert-OH is 1. The number of aromatic nitrogens is 4. The number of nitrogens with zero attached hydrogens (tertiary/aromatic N) is 4. The second kappa shape index (κ2) is 5.73. The molecule has 0 aliphatic rings. The normalized spacial score (nSPS) is 11.7. The maximum atomic E-state index is 8.79. The third kappa shape index (κ3) is 2.40. The molecule has 0 saturated carbocycles. The van der Waals surface area contributed by atoms with E-state index < -0.39 is 0 Å². The molecule has 1 aromatic carbocycles. The highest BCUT2D eigenvalue weighted by molar-refractivity contribution is 7.23. The number of para-hydroxylation sites is 1. The molecule has 3 aromatic heterocycles. The molecule has 0 fully saturated rings. The second-order valence-electron chi connectivity index (χ2n) is 5.13. The predicted octanol–water partition coefficient (Wildman–Crippen LogP) is 1.99. The van der Waals surface area contributed by atoms with E-state index in [4.69, 9.17) is 9.52 Å². The van der Waals surface area contributed by atoms with Crippen LogP contribution in [0.4, 0.5) is 0 Å². The van der Waals surface area contributed by atoms with Gasteiger partial charge in [0, 0.05) is 6.54 Å². The van der Waals surface area contributed by atoms with E-state index in [0.717, 1.165) is 21.9 Å². The molecule has 0 radical (unpaired) electrons. The molecule has 2 N–H and O–H groups in total. The number of aliphatic hydroxyl groups is 1. The molecule has 118 valence electrons. The molecule has 0 unspecified atom stereocenters. The van der Waals surface area contributed by atoms with Crippen LogP contribution < -0.4 is 5.32 Å². The van der Waals surface area contributed by atoms with Crippen LogP contribution in [0.2, 0.25) is 0 Å². The van der Waals surface area contributed by atoms with Gasteiger partial charge < -0.3 is 14.8 Å². The minimum absolute atomic E-state index is 0.0737. The molecule has 4 rings (SSSR count). The molecular weight excluding hydrogens is 314 g/mol. The van der Waals surface area contributed by atoms with Crippen molar-refractivity contribution in [3.05, 3.63) is 35.9 Å². The highest BCUT2D eigenvalue weighted by Crippen LogP contribution is 2.32. The van der Waals surface area contributed by atoms with Gasteiger partial charge in [0.05, 0.1) is 29.1 Å². The Labute approximate surface area is 135 Å². The number of hydrogen-bond donors (Lipinski definition) is 2. The van der Waals surface area contributed by atoms with Crippen LogP contribution in [-0.4, -0.2) is 37.8 Å². The number of imidazole rings is 1. The number of thiazole rings is 1. The molecule has 0 amide bonds. The van der Waals surface area contributed by atoms with Crippen molar-refractivity contribution in [1.29, 1.82) is 0 Å². The molecule has 4 aromatic rings. The van der Waals surface area contributed by atoms with Crippen molar-refractivity contribution in [2.24, 2.45) is 0 Å². The highest BCUT2D eigenvalue weighted by Gasteiger charge is 2.20. The summed E-state index contributed by atoms with van der Waals surface area (Å²) in [4.78, 5) is 5.53. The fourth-order valence-corrected chi connectivity index (χ4v) is 3.64. The van der Waals surface area contributed by atoms with E-state index in [0.29, 0.717) is 24.9 Å². The van der Waals surface area contributed by atoms with Crippen LogP contribution in [0.15, 0.2) is 28.7 Å². The Morgan fingerprint density at radius 2 is 2.17 bits per heavy atom. The highest BCUT2D eigenvalue weighted by atomic mass is 32.1. The Hall–Kier alpha value is -2.29. The summed E-state index contributed by atoms with van der Waals surface area (Å²) in [5.74, 6) is 0.946. The topological polar surface area (TPSA) is 88.5 Å². The molecule has 0 saturated heterocycles. The summed E-state index contributed by atoms with van der Waals surface area (Å²) in [5.41, 5.74) is 2.78. The van der Waals surface area contributed by atoms with E-state index in [2.05, 4.69) is 37.0 Å². The molecule has 0 atom stereocenters. The van der Waals surface area contributed by atoms with E-state index in [1.54, 1.807) is 11.3 Å². The molecule has 23 heavy (non-hydrogen) atoms. The van der Waals surface area contributed by atoms with Crippen LogP contribution in [0, 0.1) is 6.92 Å². The molecule has 0 bridgehead atoms. The first-order valence-electron chi connectivity index (χ1n) is 7.29. The lowest BCUT2D eigenvalue weighted by molar-refractivity contribution is 0.289. The number of aryl methyl sites for hydroxylation is 1. The molecule has 0 spiro atoms. The minimum Gasteiger partial charge on any atom is -0.418 e. The Morgan fingerprint density at radius 1 is 1.30 bits per heavy atom. The average molecular weight is 329 g/mol. The molecule has 0 aliphatic heterocycles. The van der Waals surface area contributed by atoms with Crippen molar-refractivity contribution in [2.45, 2.75) is 13.5 Å². The Morgan fingerprint density at radius 3 is 3.04 bits per heavy atom. The van der Waals surface area contributed by atoms with Gasteiger partial charge in [0.25, 0.3) is 5.89 Å². The van der Waals surface area contributed by atoms with E-state index in [9.17, 15) is 0 Å². The van der Waals surface area contributed by atoms with Crippen LogP contribution in [-0.2, 0) is 6.54 Å². The Balaban J connectivity index is 1.80. The SMILES string of the molecule is Cc1nc2sc3ccccc3n2c1-c1nnc(CNCCO)o1. The minimum atomic E-state index is 0.0737. The zero-order chi connectivity index (χ0) is 15.8. The van der Waals surface area contributed by atoms with Crippen LogP contribution in [0.25, 0.3) is 26.8 Å². The summed E-state index contributed by atoms with van der Waals surface area (Å²) < 4.78 is 8.99. The quantitative estimate of drug-likeness (QED) is 0.544. The average Bonchev–Trinajstić information content (AvgIpc) is 3.21. The first kappa shape index (κ1) is 14.3. The summed E-state index contributed by atoms with van der Waals surface area (Å²) in [7, 11) is 0. The van der Waals surface area contributed by atoms with Crippen molar-refractivity contribution in [1.82, 2.24) is 24.9 Å². The van der Waals surface area contributed by atoms with Gasteiger partial charge >= 0.3 is 0 Å². The molecule has 8 heteroatoms. The lowest BCUT2D eigenvalue weighted by atomic mass is 10.3. The number of rotatable bonds is 5. The summed E-state index contributed by atoms with van der Waals surface area (Å²) in [6.45, 7) is 2.93. The maximum Gasteiger partial charge on any atom is 0.266 e. The van der Waals surface area contributed by atoms with E-state index in [1.807, 2.05) is 19.1 Å². The van der Waals surface area contributed by atoms with Gasteiger partial charge in [0.1, 0.15) is 5.69 Å². The smallest absolute Gasteiger partial charge is 0.266 e. The Kier molecular flexibility index (Phi) is 3.56. The van der Waals surface area contributed by atoms with Crippen LogP contribution in [0.5, 0.6) is 0 Å². The van der Waals surface area contributed by atoms with Crippen molar-refractivity contribution in [2.75, 3.05) is 13.2 Å². The third-order valence-corrected chi connectivity index (χ3v) is 4.58. The number of nitrogens with one attached hydrogen (secondary N) is 1. The van der Waals surface area contributed by atoms with E-state index >= 15 is 0 Å². The van der Waals surface area contributed by atoms with Crippen LogP contribution in [0.3, 0.4) is 0 Å². The largest absolute Gasteiger partial charge is 0.418 e. The maximum absolute atomic E-state index is 8.79. The summed E-state index contributed by atoms with van der Waals surface area (Å²) in [5, 5.41) is 20.0. The molecule has 3 heterocycles. The monoisotopic (exact) mass is 329 g/mol. The van der Waals surface area contributed by atoms with Gasteiger partial charge in [-0.25, -0.2) is 4.98 Å². The fraction of sp³-hybridized carbons (Fsp3) is 0.267. The number of benzene rings is 1. The van der Waals surface area contributed by atoms with Crippen molar-refractivity contribution in [3.8, 4) is 11.6 Å². The lowest BCUT2D eigenvalue weighted by Gasteiger charge is -1.98. The zero-order valence-electron chi connectivity index (χ0n) is 12.5. The first-order chi connectivity index (χ1) is 11.3. The van der Waals surface area contributed by atoms with Crippen molar-refractivity contribution in [3.63, 3.8) is 0 Å². The zero-order valence-corrected chi connectivity index (χ0v) is 13.3. The van der Waals surface area contributed by atoms with Gasteiger partial charge in [-0.05, 0) is 19.1 Å². The number of fused-ring (bicyclic) bond motifs is 3. The predicted molar refractivity (Wildman–Crippen MR) is 87.4 cm³/mol. The van der Waals surface area contributed by atoms with Gasteiger partial charge in [-0.15, -0.1) is 10.2 Å². The van der Waals surface area contributed by atoms with Crippen LogP contribution >= 0.6 is 11.3 Å². The molecule has 0 aliphatic carbocycles. The van der Waals surface area contributed by atoms with Crippen molar-refractivity contribution >= 4 is 26.5 Å². The van der Waals surface area contributed by atoms with Crippen molar-refractivity contribution < 1.29 is 9.52 Å². The second-order valence-corrected chi connectivity index (χ2v) is 6.14. The fourth-order valence-electron chi connectivity index (χ4n) is 2.57. The summed E-state index contributed by atoms with van der Waals surface area (Å²) in [6.07, 6.45) is 0. The summed E-state index contributed by atoms with van der Waals surface area (Å²) >= 11 is 1.64. The van der Waals surface area contributed by atoms with Crippen LogP contribution in [0.1, 0.15) is 11.6 Å². The van der Waals surface area contributed by atoms with Gasteiger partial charge in [-0.2, -0.15) is 0 Å². The standard InChI is InChI=1S/C15H15N5O2S/c1-9-13(14-19-18-12(22-14)8-16-6-7-21)20-10-4-2-3-5-11(10)23-15(20)17-9/h2-5,16,21H,6-8H2,1H3. The van der Waals surface area contributed by atoms with E-state index in [1.165, 1.54) is 4.70 Å². The molecular formula is C15H15N5O2S.